The molecule has 1 aromatic heterocycles. The monoisotopic (exact) mass is 906 g/mol. The van der Waals surface area contributed by atoms with Crippen LogP contribution in [0.3, 0.4) is 0 Å². The molecule has 2 nitrogen and oxygen atoms in total. The highest BCUT2D eigenvalue weighted by atomic mass is 15.1. The summed E-state index contributed by atoms with van der Waals surface area (Å²) >= 11 is 0. The van der Waals surface area contributed by atoms with Gasteiger partial charge >= 0.3 is 0 Å². The number of hydrogen-bond donors (Lipinski definition) is 0. The normalized spacial score (nSPS) is 12.5. The molecule has 336 valence electrons. The predicted molar refractivity (Wildman–Crippen MR) is 300 cm³/mol. The van der Waals surface area contributed by atoms with Crippen molar-refractivity contribution in [2.24, 2.45) is 0 Å². The van der Waals surface area contributed by atoms with Gasteiger partial charge in [0, 0.05) is 44.5 Å². The lowest BCUT2D eigenvalue weighted by atomic mass is 9.82. The van der Waals surface area contributed by atoms with Gasteiger partial charge in [0.2, 0.25) is 0 Å². The van der Waals surface area contributed by atoms with Crippen molar-refractivity contribution < 1.29 is 0 Å². The van der Waals surface area contributed by atoms with Gasteiger partial charge in [-0.3, -0.25) is 0 Å². The van der Waals surface area contributed by atoms with Crippen LogP contribution in [-0.2, 0) is 5.41 Å². The lowest BCUT2D eigenvalue weighted by molar-refractivity contribution is 0.660. The van der Waals surface area contributed by atoms with Gasteiger partial charge in [0.05, 0.1) is 11.0 Å². The number of hydrogen-bond acceptors (Lipinski definition) is 1. The van der Waals surface area contributed by atoms with Crippen molar-refractivity contribution >= 4 is 38.9 Å². The van der Waals surface area contributed by atoms with E-state index in [1.54, 1.807) is 0 Å². The summed E-state index contributed by atoms with van der Waals surface area (Å²) in [5.41, 5.74) is 24.1. The van der Waals surface area contributed by atoms with Gasteiger partial charge in [0.1, 0.15) is 0 Å². The fourth-order valence-electron chi connectivity index (χ4n) is 11.3. The van der Waals surface area contributed by atoms with E-state index in [9.17, 15) is 0 Å². The molecular formula is C69H50N2. The molecule has 0 N–H and O–H groups in total. The number of anilines is 3. The van der Waals surface area contributed by atoms with Crippen molar-refractivity contribution in [1.29, 1.82) is 0 Å². The molecule has 0 radical (unpaired) electrons. The first kappa shape index (κ1) is 42.1. The van der Waals surface area contributed by atoms with E-state index in [-0.39, 0.29) is 5.41 Å². The lowest BCUT2D eigenvalue weighted by Gasteiger charge is -2.28. The van der Waals surface area contributed by atoms with Crippen molar-refractivity contribution in [3.05, 3.63) is 278 Å². The van der Waals surface area contributed by atoms with Crippen LogP contribution in [0, 0.1) is 0 Å². The van der Waals surface area contributed by atoms with E-state index >= 15 is 0 Å². The smallest absolute Gasteiger partial charge is 0.0625 e. The standard InChI is InChI=1S/C69H50N2/c1-69(2)64-26-16-15-25-61(64)62-41-40-58(46-65(62)69)70(55-34-27-49(28-35-55)47-17-7-3-8-18-47)56-36-29-50(30-37-56)51-31-38-57(39-32-51)71-66-44-33-54(48-19-9-4-10-20-48)45-63(66)67-59(52-21-11-5-12-22-52)42-43-60(68(67)71)53-23-13-6-14-24-53/h3-46H,1-2H3. The molecule has 1 heterocycles. The molecule has 0 fully saturated rings. The zero-order valence-corrected chi connectivity index (χ0v) is 39.8. The predicted octanol–water partition coefficient (Wildman–Crippen LogP) is 18.9. The zero-order valence-electron chi connectivity index (χ0n) is 39.8. The average Bonchev–Trinajstić information content (AvgIpc) is 3.90. The second kappa shape index (κ2) is 17.2. The Morgan fingerprint density at radius 1 is 0.310 bits per heavy atom. The molecular weight excluding hydrogens is 857 g/mol. The molecule has 0 saturated heterocycles. The summed E-state index contributed by atoms with van der Waals surface area (Å²) in [6.07, 6.45) is 0. The quantitative estimate of drug-likeness (QED) is 0.140. The van der Waals surface area contributed by atoms with E-state index < -0.39 is 0 Å². The maximum absolute atomic E-state index is 2.48. The Morgan fingerprint density at radius 3 is 1.32 bits per heavy atom. The van der Waals surface area contributed by atoms with Gasteiger partial charge in [-0.15, -0.1) is 0 Å². The minimum absolute atomic E-state index is 0.113. The van der Waals surface area contributed by atoms with Crippen LogP contribution < -0.4 is 4.90 Å². The molecule has 11 aromatic carbocycles. The Bertz CT molecular complexity index is 3890. The molecule has 1 aliphatic carbocycles. The van der Waals surface area contributed by atoms with Crippen LogP contribution in [0.5, 0.6) is 0 Å². The Balaban J connectivity index is 0.917. The zero-order chi connectivity index (χ0) is 47.5. The summed E-state index contributed by atoms with van der Waals surface area (Å²) in [5, 5.41) is 2.48. The Labute approximate surface area is 416 Å². The molecule has 0 saturated carbocycles. The molecule has 0 bridgehead atoms. The number of benzene rings is 11. The van der Waals surface area contributed by atoms with Gasteiger partial charge in [-0.1, -0.05) is 220 Å². The fourth-order valence-corrected chi connectivity index (χ4v) is 11.3. The van der Waals surface area contributed by atoms with Crippen LogP contribution in [0.2, 0.25) is 0 Å². The maximum atomic E-state index is 2.48. The molecule has 2 heteroatoms. The number of rotatable bonds is 9. The first-order valence-corrected chi connectivity index (χ1v) is 24.7. The summed E-state index contributed by atoms with van der Waals surface area (Å²) in [6.45, 7) is 4.71. The van der Waals surface area contributed by atoms with Gasteiger partial charge in [0.25, 0.3) is 0 Å². The molecule has 12 aromatic rings. The number of nitrogens with zero attached hydrogens (tertiary/aromatic N) is 2. The van der Waals surface area contributed by atoms with Gasteiger partial charge in [0.15, 0.2) is 0 Å². The molecule has 71 heavy (non-hydrogen) atoms. The Morgan fingerprint density at radius 2 is 0.732 bits per heavy atom. The van der Waals surface area contributed by atoms with Crippen molar-refractivity contribution in [3.63, 3.8) is 0 Å². The summed E-state index contributed by atoms with van der Waals surface area (Å²) in [7, 11) is 0. The first-order valence-electron chi connectivity index (χ1n) is 24.7. The molecule has 0 atom stereocenters. The lowest BCUT2D eigenvalue weighted by Crippen LogP contribution is -2.16. The second-order valence-electron chi connectivity index (χ2n) is 19.3. The Hall–Kier alpha value is -8.98. The summed E-state index contributed by atoms with van der Waals surface area (Å²) in [4.78, 5) is 2.40. The van der Waals surface area contributed by atoms with Gasteiger partial charge in [-0.2, -0.15) is 0 Å². The minimum Gasteiger partial charge on any atom is -0.310 e. The van der Waals surface area contributed by atoms with Gasteiger partial charge < -0.3 is 9.47 Å². The summed E-state index contributed by atoms with van der Waals surface area (Å²) < 4.78 is 2.48. The maximum Gasteiger partial charge on any atom is 0.0625 e. The third kappa shape index (κ3) is 7.27. The van der Waals surface area contributed by atoms with Gasteiger partial charge in [-0.05, 0) is 133 Å². The van der Waals surface area contributed by atoms with Crippen molar-refractivity contribution in [2.45, 2.75) is 19.3 Å². The summed E-state index contributed by atoms with van der Waals surface area (Å²) in [5.74, 6) is 0. The highest BCUT2D eigenvalue weighted by Gasteiger charge is 2.36. The van der Waals surface area contributed by atoms with Crippen LogP contribution >= 0.6 is 0 Å². The molecule has 13 rings (SSSR count). The average molecular weight is 907 g/mol. The molecule has 0 unspecified atom stereocenters. The van der Waals surface area contributed by atoms with Crippen molar-refractivity contribution in [1.82, 2.24) is 4.57 Å². The highest BCUT2D eigenvalue weighted by molar-refractivity contribution is 6.20. The molecule has 0 aliphatic heterocycles. The first-order chi connectivity index (χ1) is 35.0. The molecule has 1 aliphatic rings. The third-order valence-electron chi connectivity index (χ3n) is 14.8. The molecule has 0 amide bonds. The van der Waals surface area contributed by atoms with Crippen LogP contribution in [0.25, 0.3) is 94.3 Å². The van der Waals surface area contributed by atoms with E-state index in [4.69, 9.17) is 0 Å². The third-order valence-corrected chi connectivity index (χ3v) is 14.8. The van der Waals surface area contributed by atoms with E-state index in [1.807, 2.05) is 0 Å². The minimum atomic E-state index is -0.113. The highest BCUT2D eigenvalue weighted by Crippen LogP contribution is 2.51. The topological polar surface area (TPSA) is 8.17 Å². The Kier molecular flexibility index (Phi) is 10.2. The van der Waals surface area contributed by atoms with Gasteiger partial charge in [-0.25, -0.2) is 0 Å². The molecule has 0 spiro atoms. The second-order valence-corrected chi connectivity index (χ2v) is 19.3. The number of aromatic nitrogens is 1. The van der Waals surface area contributed by atoms with Crippen LogP contribution in [0.4, 0.5) is 17.1 Å². The van der Waals surface area contributed by atoms with E-state index in [1.165, 1.54) is 88.6 Å². The largest absolute Gasteiger partial charge is 0.310 e. The van der Waals surface area contributed by atoms with Crippen LogP contribution in [0.1, 0.15) is 25.0 Å². The summed E-state index contributed by atoms with van der Waals surface area (Å²) in [6, 6.07) is 97.8. The van der Waals surface area contributed by atoms with E-state index in [0.29, 0.717) is 0 Å². The van der Waals surface area contributed by atoms with E-state index in [2.05, 4.69) is 290 Å². The van der Waals surface area contributed by atoms with Crippen molar-refractivity contribution in [3.8, 4) is 72.4 Å². The van der Waals surface area contributed by atoms with Crippen molar-refractivity contribution in [2.75, 3.05) is 4.90 Å². The van der Waals surface area contributed by atoms with Crippen LogP contribution in [-0.4, -0.2) is 4.57 Å². The van der Waals surface area contributed by atoms with Crippen LogP contribution in [0.15, 0.2) is 267 Å². The number of fused-ring (bicyclic) bond motifs is 6. The SMILES string of the molecule is CC1(C)c2ccccc2-c2ccc(N(c3ccc(-c4ccccc4)cc3)c3ccc(-c4ccc(-n5c6ccc(-c7ccccc7)cc6c6c(-c7ccccc7)ccc(-c7ccccc7)c65)cc4)cc3)cc21. The fraction of sp³-hybridized carbons (Fsp3) is 0.0435. The van der Waals surface area contributed by atoms with E-state index in [0.717, 1.165) is 33.9 Å².